The summed E-state index contributed by atoms with van der Waals surface area (Å²) in [6, 6.07) is 8.15. The molecule has 0 aliphatic carbocycles. The third-order valence-corrected chi connectivity index (χ3v) is 6.51. The molecule has 2 aliphatic heterocycles. The number of likely N-dealkylation sites (N-methyl/N-ethyl adjacent to an activating group) is 2. The predicted octanol–water partition coefficient (Wildman–Crippen LogP) is 2.63. The summed E-state index contributed by atoms with van der Waals surface area (Å²) in [6.45, 7) is 6.43. The molecule has 2 fully saturated rings. The third-order valence-electron chi connectivity index (χ3n) is 6.51. The maximum Gasteiger partial charge on any atom is 0.164 e. The molecule has 0 saturated carbocycles. The van der Waals surface area contributed by atoms with E-state index in [2.05, 4.69) is 29.1 Å². The van der Waals surface area contributed by atoms with E-state index in [1.54, 1.807) is 0 Å². The largest absolute Gasteiger partial charge is 0.491 e. The van der Waals surface area contributed by atoms with Crippen molar-refractivity contribution in [2.24, 2.45) is 0 Å². The highest BCUT2D eigenvalue weighted by atomic mass is 16.5. The average molecular weight is 456 g/mol. The number of hydrogen-bond acceptors (Lipinski definition) is 8. The van der Waals surface area contributed by atoms with Crippen molar-refractivity contribution >= 4 is 11.6 Å². The lowest BCUT2D eigenvalue weighted by Gasteiger charge is -2.32. The minimum Gasteiger partial charge on any atom is -0.491 e. The van der Waals surface area contributed by atoms with Crippen LogP contribution in [-0.4, -0.2) is 80.8 Å². The SMILES string of the molecule is CNCC(O)COc1cccc(-c2nc(N3CCCCC3)c(C)c(N(C)[C@H]3CCOC3)n2)c1. The average Bonchev–Trinajstić information content (AvgIpc) is 3.39. The zero-order valence-corrected chi connectivity index (χ0v) is 20.1. The fourth-order valence-corrected chi connectivity index (χ4v) is 4.59. The minimum atomic E-state index is -0.561. The molecule has 1 aromatic carbocycles. The van der Waals surface area contributed by atoms with Crippen molar-refractivity contribution in [3.8, 4) is 17.1 Å². The molecule has 33 heavy (non-hydrogen) atoms. The molecule has 0 bridgehead atoms. The van der Waals surface area contributed by atoms with E-state index in [0.29, 0.717) is 24.2 Å². The normalized spacial score (nSPS) is 19.5. The predicted molar refractivity (Wildman–Crippen MR) is 131 cm³/mol. The van der Waals surface area contributed by atoms with Gasteiger partial charge in [0.15, 0.2) is 5.82 Å². The maximum atomic E-state index is 9.98. The standard InChI is InChI=1S/C25H37N5O3/c1-18-24(29(3)20-10-13-32-16-20)27-23(28-25(18)30-11-5-4-6-12-30)19-8-7-9-22(14-19)33-17-21(31)15-26-2/h7-9,14,20-21,26,31H,4-6,10-13,15-17H2,1-3H3/t20-,21?/m0/s1. The van der Waals surface area contributed by atoms with Gasteiger partial charge in [0.05, 0.1) is 12.6 Å². The quantitative estimate of drug-likeness (QED) is 0.597. The number of anilines is 2. The topological polar surface area (TPSA) is 83.0 Å². The fourth-order valence-electron chi connectivity index (χ4n) is 4.59. The van der Waals surface area contributed by atoms with Crippen LogP contribution in [0.25, 0.3) is 11.4 Å². The Hall–Kier alpha value is -2.42. The van der Waals surface area contributed by atoms with Gasteiger partial charge in [-0.1, -0.05) is 12.1 Å². The third kappa shape index (κ3) is 5.75. The van der Waals surface area contributed by atoms with Gasteiger partial charge in [0.2, 0.25) is 0 Å². The van der Waals surface area contributed by atoms with Gasteiger partial charge in [-0.3, -0.25) is 0 Å². The Bertz CT molecular complexity index is 913. The number of aliphatic hydroxyl groups is 1. The summed E-state index contributed by atoms with van der Waals surface area (Å²) in [5.41, 5.74) is 2.03. The highest BCUT2D eigenvalue weighted by Gasteiger charge is 2.26. The van der Waals surface area contributed by atoms with Crippen molar-refractivity contribution < 1.29 is 14.6 Å². The highest BCUT2D eigenvalue weighted by molar-refractivity contribution is 5.68. The first-order valence-electron chi connectivity index (χ1n) is 12.1. The molecule has 180 valence electrons. The van der Waals surface area contributed by atoms with Crippen LogP contribution in [0.3, 0.4) is 0 Å². The molecule has 1 aromatic heterocycles. The first-order chi connectivity index (χ1) is 16.1. The number of nitrogens with one attached hydrogen (secondary N) is 1. The van der Waals surface area contributed by atoms with Gasteiger partial charge in [-0.25, -0.2) is 9.97 Å². The van der Waals surface area contributed by atoms with E-state index in [4.69, 9.17) is 19.4 Å². The first kappa shape index (κ1) is 23.7. The van der Waals surface area contributed by atoms with Crippen LogP contribution in [-0.2, 0) is 4.74 Å². The van der Waals surface area contributed by atoms with Crippen molar-refractivity contribution in [1.29, 1.82) is 0 Å². The number of nitrogens with zero attached hydrogens (tertiary/aromatic N) is 4. The number of ether oxygens (including phenoxy) is 2. The van der Waals surface area contributed by atoms with Crippen molar-refractivity contribution in [2.75, 3.05) is 63.4 Å². The van der Waals surface area contributed by atoms with Crippen molar-refractivity contribution in [3.63, 3.8) is 0 Å². The summed E-state index contributed by atoms with van der Waals surface area (Å²) in [6.07, 6.45) is 4.11. The smallest absolute Gasteiger partial charge is 0.164 e. The second kappa shape index (κ2) is 11.1. The van der Waals surface area contributed by atoms with Crippen LogP contribution >= 0.6 is 0 Å². The lowest BCUT2D eigenvalue weighted by molar-refractivity contribution is 0.108. The van der Waals surface area contributed by atoms with Crippen LogP contribution in [0.2, 0.25) is 0 Å². The number of hydrogen-bond donors (Lipinski definition) is 2. The number of benzene rings is 1. The summed E-state index contributed by atoms with van der Waals surface area (Å²) in [4.78, 5) is 14.7. The zero-order chi connectivity index (χ0) is 23.2. The van der Waals surface area contributed by atoms with Crippen molar-refractivity contribution in [1.82, 2.24) is 15.3 Å². The summed E-state index contributed by atoms with van der Waals surface area (Å²) in [5.74, 6) is 3.39. The minimum absolute atomic E-state index is 0.230. The van der Waals surface area contributed by atoms with Gasteiger partial charge in [-0.15, -0.1) is 0 Å². The van der Waals surface area contributed by atoms with Gasteiger partial charge in [-0.05, 0) is 51.8 Å². The fraction of sp³-hybridized carbons (Fsp3) is 0.600. The second-order valence-electron chi connectivity index (χ2n) is 9.05. The van der Waals surface area contributed by atoms with Crippen LogP contribution < -0.4 is 19.9 Å². The Labute approximate surface area is 196 Å². The summed E-state index contributed by atoms with van der Waals surface area (Å²) in [5, 5.41) is 12.9. The molecule has 2 atom stereocenters. The van der Waals surface area contributed by atoms with E-state index in [0.717, 1.165) is 55.5 Å². The van der Waals surface area contributed by atoms with Gasteiger partial charge >= 0.3 is 0 Å². The zero-order valence-electron chi connectivity index (χ0n) is 20.1. The molecule has 0 spiro atoms. The lowest BCUT2D eigenvalue weighted by Crippen LogP contribution is -2.35. The van der Waals surface area contributed by atoms with E-state index in [9.17, 15) is 5.11 Å². The molecule has 4 rings (SSSR count). The Morgan fingerprint density at radius 2 is 2.09 bits per heavy atom. The monoisotopic (exact) mass is 455 g/mol. The molecular weight excluding hydrogens is 418 g/mol. The molecule has 8 heteroatoms. The molecule has 1 unspecified atom stereocenters. The molecule has 2 saturated heterocycles. The Morgan fingerprint density at radius 1 is 1.27 bits per heavy atom. The van der Waals surface area contributed by atoms with Crippen molar-refractivity contribution in [3.05, 3.63) is 29.8 Å². The number of aliphatic hydroxyl groups excluding tert-OH is 1. The van der Waals surface area contributed by atoms with Gasteiger partial charge in [0.25, 0.3) is 0 Å². The van der Waals surface area contributed by atoms with Gasteiger partial charge < -0.3 is 29.7 Å². The lowest BCUT2D eigenvalue weighted by atomic mass is 10.1. The van der Waals surface area contributed by atoms with Crippen LogP contribution in [0, 0.1) is 6.92 Å². The van der Waals surface area contributed by atoms with Crippen LogP contribution in [0.4, 0.5) is 11.6 Å². The van der Waals surface area contributed by atoms with Crippen LogP contribution in [0.1, 0.15) is 31.2 Å². The Morgan fingerprint density at radius 3 is 2.82 bits per heavy atom. The molecule has 3 heterocycles. The molecular formula is C25H37N5O3. The van der Waals surface area contributed by atoms with Crippen LogP contribution in [0.5, 0.6) is 5.75 Å². The van der Waals surface area contributed by atoms with Gasteiger partial charge in [0.1, 0.15) is 30.1 Å². The Kier molecular flexibility index (Phi) is 8.01. The van der Waals surface area contributed by atoms with E-state index < -0.39 is 6.10 Å². The number of rotatable bonds is 9. The molecule has 2 aromatic rings. The molecule has 2 N–H and O–H groups in total. The summed E-state index contributed by atoms with van der Waals surface area (Å²) in [7, 11) is 3.92. The Balaban J connectivity index is 1.67. The molecule has 2 aliphatic rings. The number of aromatic nitrogens is 2. The molecule has 0 amide bonds. The second-order valence-corrected chi connectivity index (χ2v) is 9.05. The molecule has 8 nitrogen and oxygen atoms in total. The summed E-state index contributed by atoms with van der Waals surface area (Å²) >= 11 is 0. The van der Waals surface area contributed by atoms with Crippen LogP contribution in [0.15, 0.2) is 24.3 Å². The van der Waals surface area contributed by atoms with Gasteiger partial charge in [0, 0.05) is 44.4 Å². The number of piperidine rings is 1. The van der Waals surface area contributed by atoms with E-state index in [-0.39, 0.29) is 6.61 Å². The van der Waals surface area contributed by atoms with Gasteiger partial charge in [-0.2, -0.15) is 0 Å². The molecule has 0 radical (unpaired) electrons. The first-order valence-corrected chi connectivity index (χ1v) is 12.1. The summed E-state index contributed by atoms with van der Waals surface area (Å²) < 4.78 is 11.5. The maximum absolute atomic E-state index is 9.98. The van der Waals surface area contributed by atoms with Crippen molar-refractivity contribution in [2.45, 2.75) is 44.8 Å². The van der Waals surface area contributed by atoms with E-state index in [1.807, 2.05) is 31.3 Å². The highest BCUT2D eigenvalue weighted by Crippen LogP contribution is 2.33. The van der Waals surface area contributed by atoms with E-state index in [1.165, 1.54) is 19.3 Å². The van der Waals surface area contributed by atoms with E-state index >= 15 is 0 Å².